The Labute approximate surface area is 140 Å². The Morgan fingerprint density at radius 2 is 2.17 bits per heavy atom. The van der Waals surface area contributed by atoms with Gasteiger partial charge in [-0.15, -0.1) is 0 Å². The molecule has 128 valence electrons. The molecule has 1 aliphatic heterocycles. The van der Waals surface area contributed by atoms with E-state index in [-0.39, 0.29) is 11.8 Å². The van der Waals surface area contributed by atoms with E-state index in [2.05, 4.69) is 10.3 Å². The van der Waals surface area contributed by atoms with E-state index in [0.29, 0.717) is 24.7 Å². The zero-order valence-electron chi connectivity index (χ0n) is 12.4. The molecule has 0 aliphatic carbocycles. The van der Waals surface area contributed by atoms with Gasteiger partial charge in [0.25, 0.3) is 5.19 Å². The number of urea groups is 1. The van der Waals surface area contributed by atoms with Gasteiger partial charge in [0.15, 0.2) is 0 Å². The third-order valence-electron chi connectivity index (χ3n) is 3.58. The van der Waals surface area contributed by atoms with E-state index >= 15 is 0 Å². The smallest absolute Gasteiger partial charge is 0.418 e. The second kappa shape index (κ2) is 6.68. The highest BCUT2D eigenvalue weighted by molar-refractivity contribution is 7.11. The summed E-state index contributed by atoms with van der Waals surface area (Å²) in [5, 5.41) is 4.64. The molecule has 3 rings (SSSR count). The first-order valence-corrected chi connectivity index (χ1v) is 8.10. The molecule has 2 heterocycles. The lowest BCUT2D eigenvalue weighted by Crippen LogP contribution is -2.35. The molecule has 1 saturated heterocycles. The highest BCUT2D eigenvalue weighted by Gasteiger charge is 2.34. The molecule has 24 heavy (non-hydrogen) atoms. The molecule has 1 aromatic carbocycles. The van der Waals surface area contributed by atoms with Gasteiger partial charge in [-0.25, -0.2) is 9.78 Å². The van der Waals surface area contributed by atoms with Crippen LogP contribution in [0.4, 0.5) is 23.7 Å². The van der Waals surface area contributed by atoms with Crippen molar-refractivity contribution in [2.24, 2.45) is 0 Å². The molecule has 2 aromatic rings. The molecule has 9 heteroatoms. The largest absolute Gasteiger partial charge is 0.465 e. The number of ether oxygens (including phenoxy) is 1. The number of aromatic nitrogens is 1. The Bertz CT molecular complexity index is 706. The summed E-state index contributed by atoms with van der Waals surface area (Å²) in [5.41, 5.74) is -1.12. The van der Waals surface area contributed by atoms with Crippen LogP contribution in [0.5, 0.6) is 5.19 Å². The van der Waals surface area contributed by atoms with E-state index in [1.807, 2.05) is 0 Å². The zero-order valence-corrected chi connectivity index (χ0v) is 13.2. The molecule has 2 amide bonds. The topological polar surface area (TPSA) is 54.5 Å². The lowest BCUT2D eigenvalue weighted by Gasteiger charge is -2.19. The Kier molecular flexibility index (Phi) is 4.61. The first-order chi connectivity index (χ1) is 11.4. The van der Waals surface area contributed by atoms with E-state index < -0.39 is 17.8 Å². The summed E-state index contributed by atoms with van der Waals surface area (Å²) in [6.45, 7) is 0.718. The van der Waals surface area contributed by atoms with E-state index in [1.165, 1.54) is 34.4 Å². The number of thiazole rings is 1. The minimum atomic E-state index is -4.52. The van der Waals surface area contributed by atoms with E-state index in [9.17, 15) is 18.0 Å². The number of carbonyl (C=O) groups is 1. The summed E-state index contributed by atoms with van der Waals surface area (Å²) in [6, 6.07) is 4.33. The van der Waals surface area contributed by atoms with Gasteiger partial charge in [-0.1, -0.05) is 23.5 Å². The fraction of sp³-hybridized carbons (Fsp3) is 0.333. The van der Waals surface area contributed by atoms with Crippen molar-refractivity contribution in [1.29, 1.82) is 0 Å². The van der Waals surface area contributed by atoms with Crippen LogP contribution in [0.3, 0.4) is 0 Å². The molecule has 5 nitrogen and oxygen atoms in total. The van der Waals surface area contributed by atoms with Crippen LogP contribution >= 0.6 is 11.3 Å². The Morgan fingerprint density at radius 1 is 1.38 bits per heavy atom. The molecule has 0 spiro atoms. The number of nitrogens with one attached hydrogen (secondary N) is 1. The van der Waals surface area contributed by atoms with Crippen LogP contribution in [0.2, 0.25) is 0 Å². The van der Waals surface area contributed by atoms with Crippen LogP contribution in [0.25, 0.3) is 0 Å². The predicted molar refractivity (Wildman–Crippen MR) is 83.2 cm³/mol. The van der Waals surface area contributed by atoms with Gasteiger partial charge in [0, 0.05) is 24.5 Å². The Hall–Kier alpha value is -2.29. The van der Waals surface area contributed by atoms with Crippen LogP contribution in [0, 0.1) is 0 Å². The van der Waals surface area contributed by atoms with Gasteiger partial charge in [0.05, 0.1) is 17.8 Å². The second-order valence-corrected chi connectivity index (χ2v) is 6.10. The average molecular weight is 357 g/mol. The highest BCUT2D eigenvalue weighted by Crippen LogP contribution is 2.34. The number of halogens is 3. The molecule has 1 aromatic heterocycles. The van der Waals surface area contributed by atoms with Gasteiger partial charge in [0.1, 0.15) is 6.10 Å². The molecule has 1 fully saturated rings. The molecule has 1 N–H and O–H groups in total. The van der Waals surface area contributed by atoms with Gasteiger partial charge < -0.3 is 15.0 Å². The standard InChI is InChI=1S/C15H14F3N3O2S/c16-15(17,18)11-3-1-2-4-12(11)20-13(22)21-7-5-10(9-21)23-14-19-6-8-24-14/h1-4,6,8,10H,5,7,9H2,(H,20,22). The third kappa shape index (κ3) is 3.78. The molecular weight excluding hydrogens is 343 g/mol. The van der Waals surface area contributed by atoms with Gasteiger partial charge >= 0.3 is 12.2 Å². The summed E-state index contributed by atoms with van der Waals surface area (Å²) in [7, 11) is 0. The number of rotatable bonds is 3. The summed E-state index contributed by atoms with van der Waals surface area (Å²) in [4.78, 5) is 17.7. The van der Waals surface area contributed by atoms with Crippen molar-refractivity contribution in [3.05, 3.63) is 41.4 Å². The molecule has 0 saturated carbocycles. The fourth-order valence-corrected chi connectivity index (χ4v) is 3.01. The first-order valence-electron chi connectivity index (χ1n) is 7.22. The van der Waals surface area contributed by atoms with E-state index in [0.717, 1.165) is 6.07 Å². The molecule has 1 aliphatic rings. The van der Waals surface area contributed by atoms with Crippen LogP contribution in [0.1, 0.15) is 12.0 Å². The maximum Gasteiger partial charge on any atom is 0.418 e. The zero-order chi connectivity index (χ0) is 17.2. The van der Waals surface area contributed by atoms with Gasteiger partial charge in [-0.2, -0.15) is 13.2 Å². The molecule has 0 bridgehead atoms. The van der Waals surface area contributed by atoms with Crippen molar-refractivity contribution in [1.82, 2.24) is 9.88 Å². The van der Waals surface area contributed by atoms with Crippen LogP contribution in [0.15, 0.2) is 35.8 Å². The number of nitrogens with zero attached hydrogens (tertiary/aromatic N) is 2. The fourth-order valence-electron chi connectivity index (χ4n) is 2.45. The molecule has 1 atom stereocenters. The van der Waals surface area contributed by atoms with Crippen molar-refractivity contribution in [2.45, 2.75) is 18.7 Å². The minimum absolute atomic E-state index is 0.209. The summed E-state index contributed by atoms with van der Waals surface area (Å²) >= 11 is 1.35. The SMILES string of the molecule is O=C(Nc1ccccc1C(F)(F)F)N1CCC(Oc2nccs2)C1. The van der Waals surface area contributed by atoms with Gasteiger partial charge in [-0.3, -0.25) is 0 Å². The maximum absolute atomic E-state index is 13.0. The van der Waals surface area contributed by atoms with E-state index in [4.69, 9.17) is 4.74 Å². The lowest BCUT2D eigenvalue weighted by molar-refractivity contribution is -0.136. The molecular formula is C15H14F3N3O2S. The van der Waals surface area contributed by atoms with Crippen molar-refractivity contribution >= 4 is 23.1 Å². The van der Waals surface area contributed by atoms with Crippen molar-refractivity contribution in [2.75, 3.05) is 18.4 Å². The van der Waals surface area contributed by atoms with Crippen LogP contribution in [-0.4, -0.2) is 35.1 Å². The third-order valence-corrected chi connectivity index (χ3v) is 4.24. The highest BCUT2D eigenvalue weighted by atomic mass is 32.1. The molecule has 1 unspecified atom stereocenters. The normalized spacial score (nSPS) is 17.8. The van der Waals surface area contributed by atoms with Crippen molar-refractivity contribution in [3.8, 4) is 5.19 Å². The Balaban J connectivity index is 1.62. The summed E-state index contributed by atoms with van der Waals surface area (Å²) < 4.78 is 44.5. The number of para-hydroxylation sites is 1. The average Bonchev–Trinajstić information content (AvgIpc) is 3.19. The number of alkyl halides is 3. The number of likely N-dealkylation sites (tertiary alicyclic amines) is 1. The summed E-state index contributed by atoms with van der Waals surface area (Å²) in [5.74, 6) is 0. The predicted octanol–water partition coefficient (Wildman–Crippen LogP) is 3.85. The number of hydrogen-bond acceptors (Lipinski definition) is 4. The second-order valence-electron chi connectivity index (χ2n) is 5.25. The van der Waals surface area contributed by atoms with Gasteiger partial charge in [0.2, 0.25) is 0 Å². The van der Waals surface area contributed by atoms with Crippen molar-refractivity contribution < 1.29 is 22.7 Å². The quantitative estimate of drug-likeness (QED) is 0.908. The number of amides is 2. The Morgan fingerprint density at radius 3 is 2.88 bits per heavy atom. The maximum atomic E-state index is 13.0. The number of anilines is 1. The number of hydrogen-bond donors (Lipinski definition) is 1. The number of carbonyl (C=O) groups excluding carboxylic acids is 1. The van der Waals surface area contributed by atoms with E-state index in [1.54, 1.807) is 11.6 Å². The van der Waals surface area contributed by atoms with Crippen molar-refractivity contribution in [3.63, 3.8) is 0 Å². The van der Waals surface area contributed by atoms with Crippen LogP contribution in [-0.2, 0) is 6.18 Å². The van der Waals surface area contributed by atoms with Crippen LogP contribution < -0.4 is 10.1 Å². The minimum Gasteiger partial charge on any atom is -0.465 e. The number of benzene rings is 1. The monoisotopic (exact) mass is 357 g/mol. The lowest BCUT2D eigenvalue weighted by atomic mass is 10.1. The van der Waals surface area contributed by atoms with Gasteiger partial charge in [-0.05, 0) is 12.1 Å². The first kappa shape index (κ1) is 16.6. The molecule has 0 radical (unpaired) electrons. The summed E-state index contributed by atoms with van der Waals surface area (Å²) in [6.07, 6.45) is -2.51.